The van der Waals surface area contributed by atoms with Crippen LogP contribution in [0.25, 0.3) is 0 Å². The minimum atomic E-state index is -4.37. The molecule has 1 amide bonds. The zero-order valence-corrected chi connectivity index (χ0v) is 12.0. The van der Waals surface area contributed by atoms with Gasteiger partial charge in [0.2, 0.25) is 0 Å². The number of nitrogens with one attached hydrogen (secondary N) is 1. The number of carbonyl (C=O) groups is 1. The number of hydrogen-bond acceptors (Lipinski definition) is 2. The van der Waals surface area contributed by atoms with Gasteiger partial charge in [0, 0.05) is 19.3 Å². The normalized spacial score (nSPS) is 13.2. The molecular weight excluding hydrogens is 285 g/mol. The molecule has 0 bridgehead atoms. The number of halogens is 3. The maximum Gasteiger partial charge on any atom is 0.406 e. The largest absolute Gasteiger partial charge is 0.406 e. The first-order valence-electron chi connectivity index (χ1n) is 6.98. The average Bonchev–Trinajstić information content (AvgIpc) is 2.82. The summed E-state index contributed by atoms with van der Waals surface area (Å²) in [6.07, 6.45) is -0.789. The van der Waals surface area contributed by atoms with Crippen LogP contribution in [0.2, 0.25) is 0 Å². The molecule has 120 valence electrons. The molecule has 1 atom stereocenters. The Kier molecular flexibility index (Phi) is 6.74. The molecule has 0 radical (unpaired) electrons. The van der Waals surface area contributed by atoms with Gasteiger partial charge >= 0.3 is 6.18 Å². The molecule has 0 aliphatic rings. The Balaban J connectivity index is 2.61. The second-order valence-corrected chi connectivity index (χ2v) is 5.01. The lowest BCUT2D eigenvalue weighted by Gasteiger charge is -2.16. The molecule has 0 saturated heterocycles. The van der Waals surface area contributed by atoms with Crippen LogP contribution in [0.3, 0.4) is 0 Å². The summed E-state index contributed by atoms with van der Waals surface area (Å²) in [6, 6.07) is 2.78. The molecule has 2 N–H and O–H groups in total. The molecule has 0 aliphatic carbocycles. The zero-order chi connectivity index (χ0) is 15.9. The van der Waals surface area contributed by atoms with E-state index in [2.05, 4.69) is 5.32 Å². The summed E-state index contributed by atoms with van der Waals surface area (Å²) in [5.41, 5.74) is -0.00780. The van der Waals surface area contributed by atoms with Gasteiger partial charge in [-0.2, -0.15) is 13.2 Å². The van der Waals surface area contributed by atoms with Gasteiger partial charge in [-0.05, 0) is 30.9 Å². The third kappa shape index (κ3) is 6.20. The van der Waals surface area contributed by atoms with Gasteiger partial charge in [0.1, 0.15) is 12.2 Å². The average molecular weight is 306 g/mol. The van der Waals surface area contributed by atoms with Crippen molar-refractivity contribution in [2.75, 3.05) is 13.2 Å². The Bertz CT molecular complexity index is 438. The number of nitrogens with zero attached hydrogens (tertiary/aromatic N) is 1. The maximum atomic E-state index is 12.4. The topological polar surface area (TPSA) is 54.3 Å². The number of amides is 1. The van der Waals surface area contributed by atoms with Crippen LogP contribution < -0.4 is 5.32 Å². The summed E-state index contributed by atoms with van der Waals surface area (Å²) >= 11 is 0. The molecule has 0 aromatic carbocycles. The molecule has 0 aliphatic heterocycles. The van der Waals surface area contributed by atoms with Crippen molar-refractivity contribution in [1.29, 1.82) is 0 Å². The van der Waals surface area contributed by atoms with E-state index in [0.717, 1.165) is 17.4 Å². The Labute approximate surface area is 122 Å². The lowest BCUT2D eigenvalue weighted by atomic mass is 10.0. The molecule has 1 aromatic rings. The molecule has 0 fully saturated rings. The molecule has 1 rings (SSSR count). The minimum absolute atomic E-state index is 0.00780. The fraction of sp³-hybridized carbons (Fsp3) is 0.643. The van der Waals surface area contributed by atoms with E-state index < -0.39 is 18.6 Å². The van der Waals surface area contributed by atoms with Crippen molar-refractivity contribution in [3.05, 3.63) is 24.0 Å². The van der Waals surface area contributed by atoms with Gasteiger partial charge < -0.3 is 15.0 Å². The van der Waals surface area contributed by atoms with Crippen LogP contribution in [-0.2, 0) is 6.54 Å². The van der Waals surface area contributed by atoms with Crippen LogP contribution in [0.15, 0.2) is 18.3 Å². The van der Waals surface area contributed by atoms with Gasteiger partial charge in [-0.1, -0.05) is 13.3 Å². The molecule has 4 nitrogen and oxygen atoms in total. The number of hydrogen-bond donors (Lipinski definition) is 2. The highest BCUT2D eigenvalue weighted by atomic mass is 19.4. The number of rotatable bonds is 8. The molecular formula is C14H21F3N2O2. The number of aliphatic hydroxyl groups is 1. The van der Waals surface area contributed by atoms with Crippen LogP contribution in [-0.4, -0.2) is 34.9 Å². The fourth-order valence-corrected chi connectivity index (χ4v) is 2.22. The number of aromatic nitrogens is 1. The predicted octanol–water partition coefficient (Wildman–Crippen LogP) is 2.58. The van der Waals surface area contributed by atoms with E-state index in [1.807, 2.05) is 6.92 Å². The molecule has 1 aromatic heterocycles. The predicted molar refractivity (Wildman–Crippen MR) is 72.9 cm³/mol. The first-order valence-corrected chi connectivity index (χ1v) is 6.98. The van der Waals surface area contributed by atoms with E-state index in [9.17, 15) is 18.0 Å². The first kappa shape index (κ1) is 17.6. The lowest BCUT2D eigenvalue weighted by Crippen LogP contribution is -2.32. The van der Waals surface area contributed by atoms with Crippen molar-refractivity contribution in [1.82, 2.24) is 9.88 Å². The number of carbonyl (C=O) groups excluding carboxylic acids is 1. The van der Waals surface area contributed by atoms with E-state index in [0.29, 0.717) is 13.0 Å². The third-order valence-electron chi connectivity index (χ3n) is 3.20. The molecule has 1 unspecified atom stereocenters. The van der Waals surface area contributed by atoms with E-state index in [-0.39, 0.29) is 18.2 Å². The van der Waals surface area contributed by atoms with Crippen molar-refractivity contribution in [3.8, 4) is 0 Å². The van der Waals surface area contributed by atoms with E-state index in [1.54, 1.807) is 0 Å². The van der Waals surface area contributed by atoms with Crippen molar-refractivity contribution < 1.29 is 23.1 Å². The zero-order valence-electron chi connectivity index (χ0n) is 12.0. The summed E-state index contributed by atoms with van der Waals surface area (Å²) in [5.74, 6) is -0.390. The van der Waals surface area contributed by atoms with Gasteiger partial charge in [0.15, 0.2) is 0 Å². The van der Waals surface area contributed by atoms with E-state index in [1.165, 1.54) is 18.3 Å². The Morgan fingerprint density at radius 2 is 2.14 bits per heavy atom. The SMILES string of the molecule is CCCC(CCO)CNC(=O)c1cccn1CC(F)(F)F. The van der Waals surface area contributed by atoms with Gasteiger partial charge in [-0.15, -0.1) is 0 Å². The standard InChI is InChI=1S/C14H21F3N2O2/c1-2-4-11(6-8-20)9-18-13(21)12-5-3-7-19(12)10-14(15,16)17/h3,5,7,11,20H,2,4,6,8-10H2,1H3,(H,18,21). The molecule has 1 heterocycles. The fourth-order valence-electron chi connectivity index (χ4n) is 2.22. The highest BCUT2D eigenvalue weighted by Crippen LogP contribution is 2.19. The molecule has 0 spiro atoms. The van der Waals surface area contributed by atoms with Crippen LogP contribution in [0.4, 0.5) is 13.2 Å². The van der Waals surface area contributed by atoms with Crippen LogP contribution in [0.1, 0.15) is 36.7 Å². The summed E-state index contributed by atoms with van der Waals surface area (Å²) < 4.78 is 38.1. The minimum Gasteiger partial charge on any atom is -0.396 e. The van der Waals surface area contributed by atoms with Gasteiger partial charge in [-0.25, -0.2) is 0 Å². The molecule has 7 heteroatoms. The molecule has 0 saturated carbocycles. The summed E-state index contributed by atoms with van der Waals surface area (Å²) in [5, 5.41) is 11.6. The third-order valence-corrected chi connectivity index (χ3v) is 3.20. The Morgan fingerprint density at radius 3 is 2.71 bits per heavy atom. The maximum absolute atomic E-state index is 12.4. The number of alkyl halides is 3. The summed E-state index contributed by atoms with van der Waals surface area (Å²) in [7, 11) is 0. The summed E-state index contributed by atoms with van der Waals surface area (Å²) in [6.45, 7) is 1.20. The smallest absolute Gasteiger partial charge is 0.396 e. The van der Waals surface area contributed by atoms with Crippen LogP contribution in [0, 0.1) is 5.92 Å². The number of aliphatic hydroxyl groups excluding tert-OH is 1. The van der Waals surface area contributed by atoms with Gasteiger partial charge in [0.25, 0.3) is 5.91 Å². The molecule has 21 heavy (non-hydrogen) atoms. The van der Waals surface area contributed by atoms with Crippen molar-refractivity contribution in [3.63, 3.8) is 0 Å². The van der Waals surface area contributed by atoms with Gasteiger partial charge in [-0.3, -0.25) is 4.79 Å². The monoisotopic (exact) mass is 306 g/mol. The Morgan fingerprint density at radius 1 is 1.43 bits per heavy atom. The second kappa shape index (κ2) is 8.07. The lowest BCUT2D eigenvalue weighted by molar-refractivity contribution is -0.140. The van der Waals surface area contributed by atoms with Crippen LogP contribution >= 0.6 is 0 Å². The van der Waals surface area contributed by atoms with Gasteiger partial charge in [0.05, 0.1) is 0 Å². The van der Waals surface area contributed by atoms with Crippen LogP contribution in [0.5, 0.6) is 0 Å². The van der Waals surface area contributed by atoms with E-state index >= 15 is 0 Å². The highest BCUT2D eigenvalue weighted by Gasteiger charge is 2.29. The van der Waals surface area contributed by atoms with E-state index in [4.69, 9.17) is 5.11 Å². The second-order valence-electron chi connectivity index (χ2n) is 5.01. The Hall–Kier alpha value is -1.50. The first-order chi connectivity index (χ1) is 9.87. The van der Waals surface area contributed by atoms with Crippen molar-refractivity contribution in [2.24, 2.45) is 5.92 Å². The summed E-state index contributed by atoms with van der Waals surface area (Å²) in [4.78, 5) is 12.0. The quantitative estimate of drug-likeness (QED) is 0.775. The van der Waals surface area contributed by atoms with Crippen molar-refractivity contribution in [2.45, 2.75) is 38.9 Å². The van der Waals surface area contributed by atoms with Crippen molar-refractivity contribution >= 4 is 5.91 Å². The highest BCUT2D eigenvalue weighted by molar-refractivity contribution is 5.92.